The minimum atomic E-state index is -7.01. The van der Waals surface area contributed by atoms with Crippen LogP contribution in [0.25, 0.3) is 0 Å². The van der Waals surface area contributed by atoms with E-state index in [2.05, 4.69) is 0 Å². The Balaban J connectivity index is 5.11. The fourth-order valence-corrected chi connectivity index (χ4v) is 0.394. The van der Waals surface area contributed by atoms with Crippen molar-refractivity contribution in [1.82, 2.24) is 0 Å². The third kappa shape index (κ3) is 1.76. The molecule has 0 saturated carbocycles. The Morgan fingerprint density at radius 2 is 0.909 bits per heavy atom. The van der Waals surface area contributed by atoms with Crippen LogP contribution in [0.2, 0.25) is 0 Å². The molecule has 0 aromatic carbocycles. The highest BCUT2D eigenvalue weighted by Crippen LogP contribution is 2.36. The summed E-state index contributed by atoms with van der Waals surface area (Å²) < 4.78 is 85.0. The standard InChI is InChI=1S/C2F6O2S/c3-1(4,5)11(9,10)2(6,7)8. The highest BCUT2D eigenvalue weighted by atomic mass is 32.2. The van der Waals surface area contributed by atoms with Gasteiger partial charge in [-0.3, -0.25) is 0 Å². The van der Waals surface area contributed by atoms with Gasteiger partial charge in [0.1, 0.15) is 0 Å². The summed E-state index contributed by atoms with van der Waals surface area (Å²) >= 11 is 0. The van der Waals surface area contributed by atoms with E-state index in [-0.39, 0.29) is 0 Å². The molecule has 68 valence electrons. The largest absolute Gasteiger partial charge is 0.506 e. The van der Waals surface area contributed by atoms with Gasteiger partial charge in [-0.05, 0) is 0 Å². The highest BCUT2D eigenvalue weighted by molar-refractivity contribution is 7.93. The van der Waals surface area contributed by atoms with E-state index in [1.165, 1.54) is 0 Å². The highest BCUT2D eigenvalue weighted by Gasteiger charge is 2.63. The number of hydrogen-bond acceptors (Lipinski definition) is 2. The molecule has 0 radical (unpaired) electrons. The second-order valence-corrected chi connectivity index (χ2v) is 3.33. The van der Waals surface area contributed by atoms with Gasteiger partial charge in [-0.25, -0.2) is 8.42 Å². The van der Waals surface area contributed by atoms with Crippen molar-refractivity contribution in [1.29, 1.82) is 0 Å². The Morgan fingerprint density at radius 1 is 0.727 bits per heavy atom. The molecule has 0 atom stereocenters. The summed E-state index contributed by atoms with van der Waals surface area (Å²) in [4.78, 5) is 0. The maximum absolute atomic E-state index is 11.0. The molecular formula is C2F6O2S. The Morgan fingerprint density at radius 3 is 0.909 bits per heavy atom. The fraction of sp³-hybridized carbons (Fsp3) is 1.00. The first-order chi connectivity index (χ1) is 4.50. The van der Waals surface area contributed by atoms with Crippen LogP contribution in [0.3, 0.4) is 0 Å². The lowest BCUT2D eigenvalue weighted by Crippen LogP contribution is -2.36. The molecular weight excluding hydrogens is 202 g/mol. The smallest absolute Gasteiger partial charge is 0.210 e. The normalized spacial score (nSPS) is 15.1. The van der Waals surface area contributed by atoms with Crippen molar-refractivity contribution in [3.63, 3.8) is 0 Å². The number of hydrogen-bond donors (Lipinski definition) is 0. The molecule has 2 nitrogen and oxygen atoms in total. The lowest BCUT2D eigenvalue weighted by molar-refractivity contribution is -0.0881. The molecule has 0 aromatic rings. The lowest BCUT2D eigenvalue weighted by Gasteiger charge is -2.09. The van der Waals surface area contributed by atoms with Gasteiger partial charge in [-0.15, -0.1) is 0 Å². The molecule has 0 rings (SSSR count). The molecule has 0 spiro atoms. The van der Waals surface area contributed by atoms with Gasteiger partial charge in [0.15, 0.2) is 0 Å². The predicted molar refractivity (Wildman–Crippen MR) is 21.0 cm³/mol. The van der Waals surface area contributed by atoms with E-state index in [0.717, 1.165) is 0 Å². The summed E-state index contributed by atoms with van der Waals surface area (Å²) in [5.74, 6) is 0. The Labute approximate surface area is 56.7 Å². The SMILES string of the molecule is O=S(=O)(C(F)(F)F)C(F)(F)F. The Kier molecular flexibility index (Phi) is 2.16. The Hall–Kier alpha value is -0.470. The molecule has 0 fully saturated rings. The second-order valence-electron chi connectivity index (χ2n) is 1.39. The van der Waals surface area contributed by atoms with Crippen LogP contribution in [0.5, 0.6) is 0 Å². The van der Waals surface area contributed by atoms with Crippen molar-refractivity contribution in [2.24, 2.45) is 0 Å². The van der Waals surface area contributed by atoms with Gasteiger partial charge in [0.25, 0.3) is 0 Å². The van der Waals surface area contributed by atoms with Crippen molar-refractivity contribution in [3.8, 4) is 0 Å². The number of halogens is 6. The van der Waals surface area contributed by atoms with Gasteiger partial charge in [-0.1, -0.05) is 0 Å². The van der Waals surface area contributed by atoms with E-state index in [0.29, 0.717) is 0 Å². The second kappa shape index (κ2) is 2.26. The van der Waals surface area contributed by atoms with Gasteiger partial charge in [0, 0.05) is 0 Å². The minimum Gasteiger partial charge on any atom is -0.210 e. The van der Waals surface area contributed by atoms with Crippen LogP contribution in [0.1, 0.15) is 0 Å². The molecule has 0 amide bonds. The fourth-order valence-electron chi connectivity index (χ4n) is 0.131. The van der Waals surface area contributed by atoms with E-state index < -0.39 is 20.9 Å². The molecule has 0 aliphatic rings. The Bertz CT molecular complexity index is 210. The molecule has 0 aliphatic heterocycles. The van der Waals surface area contributed by atoms with Gasteiger partial charge in [0.2, 0.25) is 0 Å². The number of rotatable bonds is 0. The predicted octanol–water partition coefficient (Wildman–Crippen LogP) is 1.44. The molecule has 0 saturated heterocycles. The van der Waals surface area contributed by atoms with Crippen LogP contribution in [0.15, 0.2) is 0 Å². The third-order valence-corrected chi connectivity index (χ3v) is 1.83. The summed E-state index contributed by atoms with van der Waals surface area (Å²) in [6.07, 6.45) is 0. The maximum Gasteiger partial charge on any atom is 0.506 e. The van der Waals surface area contributed by atoms with Crippen LogP contribution in [0.4, 0.5) is 26.3 Å². The third-order valence-electron chi connectivity index (χ3n) is 0.609. The van der Waals surface area contributed by atoms with E-state index >= 15 is 0 Å². The minimum absolute atomic E-state index is 6.27. The van der Waals surface area contributed by atoms with Crippen molar-refractivity contribution in [2.45, 2.75) is 11.0 Å². The average molecular weight is 202 g/mol. The van der Waals surface area contributed by atoms with E-state index in [9.17, 15) is 34.8 Å². The summed E-state index contributed by atoms with van der Waals surface area (Å²) in [5.41, 5.74) is -12.5. The first kappa shape index (κ1) is 10.5. The van der Waals surface area contributed by atoms with Crippen molar-refractivity contribution in [3.05, 3.63) is 0 Å². The van der Waals surface area contributed by atoms with Crippen molar-refractivity contribution >= 4 is 9.84 Å². The monoisotopic (exact) mass is 202 g/mol. The summed E-state index contributed by atoms with van der Waals surface area (Å²) in [7, 11) is -7.01. The zero-order valence-electron chi connectivity index (χ0n) is 4.49. The first-order valence-corrected chi connectivity index (χ1v) is 3.36. The molecule has 0 N–H and O–H groups in total. The van der Waals surface area contributed by atoms with Gasteiger partial charge in [-0.2, -0.15) is 26.3 Å². The molecule has 9 heteroatoms. The summed E-state index contributed by atoms with van der Waals surface area (Å²) in [6, 6.07) is 0. The van der Waals surface area contributed by atoms with Crippen LogP contribution < -0.4 is 0 Å². The van der Waals surface area contributed by atoms with Crippen molar-refractivity contribution in [2.75, 3.05) is 0 Å². The number of sulfone groups is 1. The molecule has 0 aliphatic carbocycles. The molecule has 11 heavy (non-hydrogen) atoms. The first-order valence-electron chi connectivity index (χ1n) is 1.88. The topological polar surface area (TPSA) is 34.1 Å². The lowest BCUT2D eigenvalue weighted by atomic mass is 11.5. The van der Waals surface area contributed by atoms with Crippen LogP contribution >= 0.6 is 0 Å². The van der Waals surface area contributed by atoms with Crippen LogP contribution in [-0.2, 0) is 9.84 Å². The molecule has 0 unspecified atom stereocenters. The van der Waals surface area contributed by atoms with E-state index in [1.54, 1.807) is 0 Å². The van der Waals surface area contributed by atoms with Crippen LogP contribution in [0, 0.1) is 0 Å². The van der Waals surface area contributed by atoms with Gasteiger partial charge in [0.05, 0.1) is 0 Å². The summed E-state index contributed by atoms with van der Waals surface area (Å²) in [6.45, 7) is 0. The molecule has 0 heterocycles. The zero-order valence-corrected chi connectivity index (χ0v) is 5.31. The zero-order chi connectivity index (χ0) is 9.50. The average Bonchev–Trinajstić information content (AvgIpc) is 1.58. The van der Waals surface area contributed by atoms with E-state index in [4.69, 9.17) is 0 Å². The number of alkyl halides is 6. The van der Waals surface area contributed by atoms with Gasteiger partial charge < -0.3 is 0 Å². The molecule has 0 bridgehead atoms. The van der Waals surface area contributed by atoms with Crippen molar-refractivity contribution < 1.29 is 34.8 Å². The summed E-state index contributed by atoms with van der Waals surface area (Å²) in [5, 5.41) is 0. The van der Waals surface area contributed by atoms with E-state index in [1.807, 2.05) is 0 Å². The maximum atomic E-state index is 11.0. The molecule has 0 aromatic heterocycles. The van der Waals surface area contributed by atoms with Gasteiger partial charge >= 0.3 is 20.9 Å². The van der Waals surface area contributed by atoms with Crippen LogP contribution in [-0.4, -0.2) is 19.4 Å². The quantitative estimate of drug-likeness (QED) is 0.557.